The molecule has 112 valence electrons. The van der Waals surface area contributed by atoms with Gasteiger partial charge in [-0.05, 0) is 50.5 Å². The van der Waals surface area contributed by atoms with E-state index in [1.165, 1.54) is 38.5 Å². The first kappa shape index (κ1) is 11.4. The summed E-state index contributed by atoms with van der Waals surface area (Å²) >= 11 is 0. The lowest BCUT2D eigenvalue weighted by molar-refractivity contribution is 1.33. The molecule has 0 radical (unpaired) electrons. The van der Waals surface area contributed by atoms with Gasteiger partial charge in [-0.25, -0.2) is 0 Å². The molecule has 24 heavy (non-hydrogen) atoms. The van der Waals surface area contributed by atoms with Gasteiger partial charge in [0.25, 0.3) is 0 Å². The minimum Gasteiger partial charge on any atom is -0.256 e. The van der Waals surface area contributed by atoms with Gasteiger partial charge >= 0.3 is 0 Å². The Bertz CT molecular complexity index is 1270. The zero-order valence-electron chi connectivity index (χ0n) is 15.0. The van der Waals surface area contributed by atoms with Crippen molar-refractivity contribution >= 4 is 32.3 Å². The van der Waals surface area contributed by atoms with Crippen LogP contribution in [0.1, 0.15) is 2.74 Å². The van der Waals surface area contributed by atoms with Crippen molar-refractivity contribution < 1.29 is 2.74 Å². The van der Waals surface area contributed by atoms with Crippen LogP contribution in [0, 0.1) is 0 Å². The summed E-state index contributed by atoms with van der Waals surface area (Å²) in [4.78, 5) is 4.35. The molecule has 1 nitrogen and oxygen atoms in total. The van der Waals surface area contributed by atoms with Crippen LogP contribution in [-0.4, -0.2) is 4.98 Å². The van der Waals surface area contributed by atoms with E-state index >= 15 is 0 Å². The third-order valence-electron chi connectivity index (χ3n) is 4.60. The zero-order chi connectivity index (χ0) is 17.7. The summed E-state index contributed by atoms with van der Waals surface area (Å²) in [5.74, 6) is 0. The van der Waals surface area contributed by atoms with Gasteiger partial charge in [-0.2, -0.15) is 0 Å². The van der Waals surface area contributed by atoms with E-state index < -0.39 is 0 Å². The fourth-order valence-electron chi connectivity index (χ4n) is 3.51. The molecule has 1 heterocycles. The second kappa shape index (κ2) is 5.17. The van der Waals surface area contributed by atoms with Crippen molar-refractivity contribution in [3.63, 3.8) is 0 Å². The van der Waals surface area contributed by atoms with E-state index in [2.05, 4.69) is 71.7 Å². The molecule has 1 aromatic heterocycles. The van der Waals surface area contributed by atoms with Gasteiger partial charge in [-0.15, -0.1) is 0 Å². The van der Waals surface area contributed by atoms with Crippen LogP contribution < -0.4 is 0 Å². The van der Waals surface area contributed by atoms with Gasteiger partial charge in [0.05, 0.1) is 8.44 Å². The first-order chi connectivity index (χ1) is 12.7. The van der Waals surface area contributed by atoms with E-state index in [-0.39, 0.29) is 12.1 Å². The molecule has 1 heteroatoms. The Labute approximate surface area is 143 Å². The van der Waals surface area contributed by atoms with Crippen LogP contribution >= 0.6 is 0 Å². The summed E-state index contributed by atoms with van der Waals surface area (Å²) in [5.41, 5.74) is 1.69. The number of hydrogen-bond acceptors (Lipinski definition) is 1. The van der Waals surface area contributed by atoms with E-state index in [9.17, 15) is 0 Å². The van der Waals surface area contributed by atoms with Crippen molar-refractivity contribution in [3.05, 3.63) is 91.1 Å². The fraction of sp³-hybridized carbons (Fsp3) is 0. The molecule has 0 aliphatic carbocycles. The lowest BCUT2D eigenvalue weighted by atomic mass is 9.93. The van der Waals surface area contributed by atoms with Gasteiger partial charge in [-0.1, -0.05) is 66.7 Å². The summed E-state index contributed by atoms with van der Waals surface area (Å²) in [5, 5.41) is 7.35. The van der Waals surface area contributed by atoms with Gasteiger partial charge in [0.15, 0.2) is 0 Å². The number of hydrogen-bond donors (Lipinski definition) is 0. The number of nitrogens with zero attached hydrogens (tertiary/aromatic N) is 1. The maximum Gasteiger partial charge on any atom is 0.0702 e. The average Bonchev–Trinajstić information content (AvgIpc) is 2.70. The maximum atomic E-state index is 7.88. The van der Waals surface area contributed by atoms with Crippen LogP contribution in [-0.2, 0) is 0 Å². The lowest BCUT2D eigenvalue weighted by Crippen LogP contribution is -1.86. The van der Waals surface area contributed by atoms with Gasteiger partial charge < -0.3 is 0 Å². The number of aromatic nitrogens is 1. The molecule has 5 aromatic rings. The predicted octanol–water partition coefficient (Wildman–Crippen LogP) is 6.21. The van der Waals surface area contributed by atoms with Crippen LogP contribution in [0.15, 0.2) is 91.1 Å². The number of benzene rings is 4. The normalized spacial score (nSPS) is 12.5. The number of fused-ring (bicyclic) bond motifs is 6. The molecule has 0 aliphatic heterocycles. The Morgan fingerprint density at radius 1 is 0.583 bits per heavy atom. The summed E-state index contributed by atoms with van der Waals surface area (Å²) < 4.78 is 15.5. The van der Waals surface area contributed by atoms with Crippen molar-refractivity contribution in [3.8, 4) is 11.3 Å². The Kier molecular flexibility index (Phi) is 2.45. The summed E-state index contributed by atoms with van der Waals surface area (Å²) in [6, 6.07) is 25.3. The topological polar surface area (TPSA) is 12.9 Å². The van der Waals surface area contributed by atoms with Crippen LogP contribution in [0.5, 0.6) is 0 Å². The Morgan fingerprint density at radius 3 is 1.79 bits per heavy atom. The molecule has 0 amide bonds. The quantitative estimate of drug-likeness (QED) is 0.336. The van der Waals surface area contributed by atoms with Crippen LogP contribution in [0.3, 0.4) is 0 Å². The van der Waals surface area contributed by atoms with Crippen molar-refractivity contribution in [1.82, 2.24) is 4.98 Å². The van der Waals surface area contributed by atoms with Gasteiger partial charge in [0, 0.05) is 11.8 Å². The summed E-state index contributed by atoms with van der Waals surface area (Å²) in [7, 11) is 0. The van der Waals surface area contributed by atoms with Crippen molar-refractivity contribution in [2.45, 2.75) is 0 Å². The molecule has 0 saturated carbocycles. The van der Waals surface area contributed by atoms with E-state index in [0.29, 0.717) is 0 Å². The molecule has 0 aliphatic rings. The SMILES string of the molecule is [2H]c1cnc(-c2ccc3c4ccccc4c4ccccc4c3c2)cc1[2H]. The molecular weight excluding hydrogens is 290 g/mol. The summed E-state index contributed by atoms with van der Waals surface area (Å²) in [6.07, 6.45) is 1.44. The zero-order valence-corrected chi connectivity index (χ0v) is 13.0. The Hall–Kier alpha value is -3.19. The Morgan fingerprint density at radius 2 is 1.17 bits per heavy atom. The molecule has 5 rings (SSSR count). The lowest BCUT2D eigenvalue weighted by Gasteiger charge is -2.11. The second-order valence-electron chi connectivity index (χ2n) is 5.93. The summed E-state index contributed by atoms with van der Waals surface area (Å²) in [6.45, 7) is 0. The third kappa shape index (κ3) is 1.92. The largest absolute Gasteiger partial charge is 0.256 e. The minimum atomic E-state index is 0.144. The minimum absolute atomic E-state index is 0.144. The molecule has 0 atom stereocenters. The van der Waals surface area contributed by atoms with Gasteiger partial charge in [-0.3, -0.25) is 4.98 Å². The molecule has 4 aromatic carbocycles. The highest BCUT2D eigenvalue weighted by Gasteiger charge is 2.09. The smallest absolute Gasteiger partial charge is 0.0702 e. The molecule has 0 saturated heterocycles. The monoisotopic (exact) mass is 307 g/mol. The van der Waals surface area contributed by atoms with Crippen LogP contribution in [0.2, 0.25) is 0 Å². The molecule has 0 N–H and O–H groups in total. The molecule has 0 spiro atoms. The van der Waals surface area contributed by atoms with Gasteiger partial charge in [0.2, 0.25) is 0 Å². The number of pyridine rings is 1. The first-order valence-corrected chi connectivity index (χ1v) is 7.99. The van der Waals surface area contributed by atoms with E-state index in [4.69, 9.17) is 2.74 Å². The van der Waals surface area contributed by atoms with E-state index in [1.54, 1.807) is 6.07 Å². The van der Waals surface area contributed by atoms with E-state index in [0.717, 1.165) is 11.3 Å². The average molecular weight is 307 g/mol. The predicted molar refractivity (Wildman–Crippen MR) is 102 cm³/mol. The highest BCUT2D eigenvalue weighted by Crippen LogP contribution is 2.36. The third-order valence-corrected chi connectivity index (χ3v) is 4.60. The van der Waals surface area contributed by atoms with Crippen molar-refractivity contribution in [1.29, 1.82) is 0 Å². The van der Waals surface area contributed by atoms with Crippen LogP contribution in [0.25, 0.3) is 43.6 Å². The highest BCUT2D eigenvalue weighted by atomic mass is 14.7. The fourth-order valence-corrected chi connectivity index (χ4v) is 3.51. The first-order valence-electron chi connectivity index (χ1n) is 8.99. The Balaban J connectivity index is 1.90. The maximum absolute atomic E-state index is 7.88. The highest BCUT2D eigenvalue weighted by molar-refractivity contribution is 6.25. The van der Waals surface area contributed by atoms with Crippen molar-refractivity contribution in [2.24, 2.45) is 0 Å². The molecular formula is C23H15N. The molecule has 0 fully saturated rings. The van der Waals surface area contributed by atoms with Crippen LogP contribution in [0.4, 0.5) is 0 Å². The van der Waals surface area contributed by atoms with Crippen molar-refractivity contribution in [2.75, 3.05) is 0 Å². The standard InChI is InChI=1S/C23H15N/c1-2-9-19-17(7-1)18-8-3-4-10-20(18)22-15-16(12-13-21(19)22)23-11-5-6-14-24-23/h1-15H/i5D,6D. The van der Waals surface area contributed by atoms with E-state index in [1.807, 2.05) is 0 Å². The molecule has 0 bridgehead atoms. The number of rotatable bonds is 1. The molecule has 0 unspecified atom stereocenters. The second-order valence-corrected chi connectivity index (χ2v) is 5.93. The van der Waals surface area contributed by atoms with Gasteiger partial charge in [0.1, 0.15) is 0 Å².